The van der Waals surface area contributed by atoms with Crippen LogP contribution in [0.2, 0.25) is 0 Å². The van der Waals surface area contributed by atoms with Crippen molar-refractivity contribution in [2.45, 2.75) is 44.4 Å². The van der Waals surface area contributed by atoms with Crippen LogP contribution >= 0.6 is 0 Å². The van der Waals surface area contributed by atoms with Gasteiger partial charge in [-0.15, -0.1) is 0 Å². The third-order valence-electron chi connectivity index (χ3n) is 3.01. The third-order valence-corrected chi connectivity index (χ3v) is 3.01. The van der Waals surface area contributed by atoms with E-state index >= 15 is 0 Å². The monoisotopic (exact) mass is 298 g/mol. The number of ether oxygens (including phenoxy) is 1. The molecular formula is C15H23FN2O3. The van der Waals surface area contributed by atoms with Crippen molar-refractivity contribution in [3.63, 3.8) is 0 Å². The van der Waals surface area contributed by atoms with Crippen molar-refractivity contribution in [2.24, 2.45) is 11.5 Å². The van der Waals surface area contributed by atoms with Crippen molar-refractivity contribution in [1.29, 1.82) is 0 Å². The number of hydrogen-bond acceptors (Lipinski definition) is 5. The van der Waals surface area contributed by atoms with Crippen molar-refractivity contribution in [1.82, 2.24) is 0 Å². The highest BCUT2D eigenvalue weighted by Crippen LogP contribution is 2.21. The Morgan fingerprint density at radius 3 is 2.29 bits per heavy atom. The van der Waals surface area contributed by atoms with E-state index in [1.165, 1.54) is 24.3 Å². The zero-order valence-corrected chi connectivity index (χ0v) is 12.6. The van der Waals surface area contributed by atoms with Crippen LogP contribution in [-0.2, 0) is 16.0 Å². The maximum absolute atomic E-state index is 12.9. The first-order chi connectivity index (χ1) is 9.58. The van der Waals surface area contributed by atoms with Crippen LogP contribution in [0.3, 0.4) is 0 Å². The summed E-state index contributed by atoms with van der Waals surface area (Å²) in [5.74, 6) is -1.13. The molecule has 1 aromatic rings. The molecule has 1 aromatic carbocycles. The standard InChI is InChI=1S/C15H23FN2O3/c1-14(2,3)21-13(20)15(18,12(19)9-17)8-10-4-6-11(16)7-5-10/h4-7,12,19H,8-9,17-18H2,1-3H3. The second-order valence-electron chi connectivity index (χ2n) is 6.10. The van der Waals surface area contributed by atoms with Gasteiger partial charge in [-0.1, -0.05) is 12.1 Å². The van der Waals surface area contributed by atoms with Gasteiger partial charge < -0.3 is 21.3 Å². The lowest BCUT2D eigenvalue weighted by Crippen LogP contribution is -2.62. The Kier molecular flexibility index (Phi) is 5.44. The number of carbonyl (C=O) groups is 1. The van der Waals surface area contributed by atoms with E-state index in [1.807, 2.05) is 0 Å². The number of rotatable bonds is 5. The van der Waals surface area contributed by atoms with Gasteiger partial charge in [-0.05, 0) is 38.5 Å². The van der Waals surface area contributed by atoms with Crippen LogP contribution < -0.4 is 11.5 Å². The highest BCUT2D eigenvalue weighted by atomic mass is 19.1. The lowest BCUT2D eigenvalue weighted by molar-refractivity contribution is -0.166. The number of hydrogen-bond donors (Lipinski definition) is 3. The van der Waals surface area contributed by atoms with Crippen LogP contribution in [0, 0.1) is 5.82 Å². The molecule has 0 saturated carbocycles. The molecule has 2 atom stereocenters. The van der Waals surface area contributed by atoms with Crippen LogP contribution in [0.25, 0.3) is 0 Å². The van der Waals surface area contributed by atoms with Crippen LogP contribution in [0.4, 0.5) is 4.39 Å². The molecule has 6 heteroatoms. The summed E-state index contributed by atoms with van der Waals surface area (Å²) in [5.41, 5.74) is 9.70. The molecule has 0 saturated heterocycles. The van der Waals surface area contributed by atoms with Gasteiger partial charge >= 0.3 is 5.97 Å². The van der Waals surface area contributed by atoms with Gasteiger partial charge in [-0.2, -0.15) is 0 Å². The third kappa shape index (κ3) is 4.77. The smallest absolute Gasteiger partial charge is 0.329 e. The molecule has 0 aliphatic heterocycles. The minimum Gasteiger partial charge on any atom is -0.459 e. The predicted molar refractivity (Wildman–Crippen MR) is 77.9 cm³/mol. The maximum Gasteiger partial charge on any atom is 0.329 e. The van der Waals surface area contributed by atoms with Crippen molar-refractivity contribution < 1.29 is 19.0 Å². The Morgan fingerprint density at radius 1 is 1.33 bits per heavy atom. The molecule has 21 heavy (non-hydrogen) atoms. The maximum atomic E-state index is 12.9. The Labute approximate surface area is 124 Å². The molecule has 0 fully saturated rings. The topological polar surface area (TPSA) is 98.6 Å². The fourth-order valence-electron chi connectivity index (χ4n) is 1.85. The summed E-state index contributed by atoms with van der Waals surface area (Å²) in [7, 11) is 0. The summed E-state index contributed by atoms with van der Waals surface area (Å²) in [6.45, 7) is 4.94. The predicted octanol–water partition coefficient (Wildman–Crippen LogP) is 0.727. The molecule has 0 aromatic heterocycles. The van der Waals surface area contributed by atoms with E-state index < -0.39 is 29.0 Å². The van der Waals surface area contributed by atoms with Gasteiger partial charge in [0, 0.05) is 13.0 Å². The molecule has 0 bridgehead atoms. The van der Waals surface area contributed by atoms with Gasteiger partial charge in [-0.3, -0.25) is 0 Å². The molecule has 0 aliphatic rings. The van der Waals surface area contributed by atoms with Crippen LogP contribution in [-0.4, -0.2) is 34.9 Å². The quantitative estimate of drug-likeness (QED) is 0.696. The summed E-state index contributed by atoms with van der Waals surface area (Å²) in [4.78, 5) is 12.3. The minimum atomic E-state index is -1.68. The second-order valence-corrected chi connectivity index (χ2v) is 6.10. The number of esters is 1. The molecule has 5 nitrogen and oxygen atoms in total. The lowest BCUT2D eigenvalue weighted by Gasteiger charge is -2.34. The van der Waals surface area contributed by atoms with Crippen molar-refractivity contribution in [3.8, 4) is 0 Å². The Balaban J connectivity index is 3.03. The second kappa shape index (κ2) is 6.51. The number of benzene rings is 1. The van der Waals surface area contributed by atoms with Crippen LogP contribution in [0.1, 0.15) is 26.3 Å². The fraction of sp³-hybridized carbons (Fsp3) is 0.533. The van der Waals surface area contributed by atoms with Crippen molar-refractivity contribution >= 4 is 5.97 Å². The van der Waals surface area contributed by atoms with Gasteiger partial charge in [-0.25, -0.2) is 9.18 Å². The summed E-state index contributed by atoms with van der Waals surface area (Å²) < 4.78 is 18.2. The molecule has 5 N–H and O–H groups in total. The summed E-state index contributed by atoms with van der Waals surface area (Å²) >= 11 is 0. The molecule has 0 heterocycles. The number of aliphatic hydroxyl groups excluding tert-OH is 1. The Morgan fingerprint density at radius 2 is 1.86 bits per heavy atom. The molecule has 0 amide bonds. The largest absolute Gasteiger partial charge is 0.459 e. The van der Waals surface area contributed by atoms with E-state index in [0.717, 1.165) is 0 Å². The average molecular weight is 298 g/mol. The van der Waals surface area contributed by atoms with Crippen molar-refractivity contribution in [3.05, 3.63) is 35.6 Å². The average Bonchev–Trinajstić information content (AvgIpc) is 2.38. The molecule has 118 valence electrons. The normalized spacial score (nSPS) is 16.1. The molecule has 0 radical (unpaired) electrons. The molecule has 1 rings (SSSR count). The van der Waals surface area contributed by atoms with Gasteiger partial charge in [0.05, 0.1) is 6.10 Å². The summed E-state index contributed by atoms with van der Waals surface area (Å²) in [6, 6.07) is 5.54. The van der Waals surface area contributed by atoms with Crippen LogP contribution in [0.15, 0.2) is 24.3 Å². The molecular weight excluding hydrogens is 275 g/mol. The SMILES string of the molecule is CC(C)(C)OC(=O)C(N)(Cc1ccc(F)cc1)C(O)CN. The van der Waals surface area contributed by atoms with Crippen LogP contribution in [0.5, 0.6) is 0 Å². The van der Waals surface area contributed by atoms with E-state index in [4.69, 9.17) is 16.2 Å². The number of aliphatic hydroxyl groups is 1. The summed E-state index contributed by atoms with van der Waals surface area (Å²) in [6.07, 6.45) is -1.27. The number of nitrogens with two attached hydrogens (primary N) is 2. The first kappa shape index (κ1) is 17.6. The Bertz CT molecular complexity index is 485. The lowest BCUT2D eigenvalue weighted by atomic mass is 9.86. The van der Waals surface area contributed by atoms with E-state index in [-0.39, 0.29) is 13.0 Å². The highest BCUT2D eigenvalue weighted by molar-refractivity contribution is 5.82. The Hall–Kier alpha value is -1.50. The molecule has 0 spiro atoms. The van der Waals surface area contributed by atoms with E-state index in [0.29, 0.717) is 5.56 Å². The van der Waals surface area contributed by atoms with Crippen molar-refractivity contribution in [2.75, 3.05) is 6.54 Å². The minimum absolute atomic E-state index is 0.000556. The van der Waals surface area contributed by atoms with E-state index in [1.54, 1.807) is 20.8 Å². The first-order valence-electron chi connectivity index (χ1n) is 6.73. The van der Waals surface area contributed by atoms with Gasteiger partial charge in [0.25, 0.3) is 0 Å². The molecule has 2 unspecified atom stereocenters. The zero-order valence-electron chi connectivity index (χ0n) is 12.6. The summed E-state index contributed by atoms with van der Waals surface area (Å²) in [5, 5.41) is 10.0. The van der Waals surface area contributed by atoms with E-state index in [2.05, 4.69) is 0 Å². The highest BCUT2D eigenvalue weighted by Gasteiger charge is 2.44. The van der Waals surface area contributed by atoms with E-state index in [9.17, 15) is 14.3 Å². The number of halogens is 1. The van der Waals surface area contributed by atoms with Gasteiger partial charge in [0.15, 0.2) is 0 Å². The van der Waals surface area contributed by atoms with Gasteiger partial charge in [0.1, 0.15) is 17.0 Å². The van der Waals surface area contributed by atoms with Gasteiger partial charge in [0.2, 0.25) is 0 Å². The fourth-order valence-corrected chi connectivity index (χ4v) is 1.85. The first-order valence-corrected chi connectivity index (χ1v) is 6.73. The zero-order chi connectivity index (χ0) is 16.3. The number of carbonyl (C=O) groups excluding carboxylic acids is 1. The molecule has 0 aliphatic carbocycles.